The Morgan fingerprint density at radius 2 is 1.92 bits per heavy atom. The van der Waals surface area contributed by atoms with Crippen molar-refractivity contribution in [2.24, 2.45) is 0 Å². The van der Waals surface area contributed by atoms with E-state index in [-0.39, 0.29) is 30.2 Å². The Balaban J connectivity index is 2.14. The minimum atomic E-state index is -4.65. The molecule has 1 N–H and O–H groups in total. The number of nitrogens with zero attached hydrogens (tertiary/aromatic N) is 1. The van der Waals surface area contributed by atoms with Gasteiger partial charge in [-0.15, -0.1) is 0 Å². The lowest BCUT2D eigenvalue weighted by Crippen LogP contribution is -2.61. The molecule has 9 heteroatoms. The molecule has 1 aromatic carbocycles. The number of halogens is 5. The topological polar surface area (TPSA) is 49.8 Å². The number of aliphatic hydroxyl groups excluding tert-OH is 1. The fourth-order valence-corrected chi connectivity index (χ4v) is 3.49. The van der Waals surface area contributed by atoms with Crippen LogP contribution < -0.4 is 4.74 Å². The smallest absolute Gasteiger partial charge is 0.416 e. The molecule has 1 saturated heterocycles. The number of hydrogen-bond acceptors (Lipinski definition) is 3. The number of fused-ring (bicyclic) bond motifs is 1. The van der Waals surface area contributed by atoms with Gasteiger partial charge in [-0.25, -0.2) is 8.78 Å². The van der Waals surface area contributed by atoms with Gasteiger partial charge in [0.15, 0.2) is 5.60 Å². The first-order valence-corrected chi connectivity index (χ1v) is 8.23. The summed E-state index contributed by atoms with van der Waals surface area (Å²) in [5.41, 5.74) is -3.34. The number of likely N-dealkylation sites (tertiary alicyclic amines) is 1. The fraction of sp³-hybridized carbons (Fsp3) is 0.588. The lowest BCUT2D eigenvalue weighted by Gasteiger charge is -2.47. The van der Waals surface area contributed by atoms with Gasteiger partial charge < -0.3 is 14.7 Å². The molecule has 0 aliphatic carbocycles. The number of rotatable bonds is 3. The molecule has 1 aromatic rings. The molecule has 2 aliphatic rings. The van der Waals surface area contributed by atoms with Gasteiger partial charge in [-0.2, -0.15) is 13.2 Å². The van der Waals surface area contributed by atoms with Crippen LogP contribution in [0.15, 0.2) is 18.2 Å². The molecule has 2 aliphatic heterocycles. The number of ether oxygens (including phenoxy) is 1. The summed E-state index contributed by atoms with van der Waals surface area (Å²) >= 11 is 0. The molecule has 0 unspecified atom stereocenters. The molecule has 2 heterocycles. The Morgan fingerprint density at radius 1 is 1.23 bits per heavy atom. The summed E-state index contributed by atoms with van der Waals surface area (Å²) in [5, 5.41) is 10.6. The van der Waals surface area contributed by atoms with Crippen molar-refractivity contribution in [3.63, 3.8) is 0 Å². The van der Waals surface area contributed by atoms with Crippen molar-refractivity contribution >= 4 is 5.91 Å². The maximum absolute atomic E-state index is 13.6. The normalized spacial score (nSPS) is 25.6. The molecule has 1 amide bonds. The molecule has 0 saturated carbocycles. The van der Waals surface area contributed by atoms with Crippen molar-refractivity contribution in [1.82, 2.24) is 4.90 Å². The Labute approximate surface area is 146 Å². The summed E-state index contributed by atoms with van der Waals surface area (Å²) in [6.07, 6.45) is -5.12. The van der Waals surface area contributed by atoms with Crippen LogP contribution in [0.4, 0.5) is 22.0 Å². The van der Waals surface area contributed by atoms with E-state index >= 15 is 0 Å². The lowest BCUT2D eigenvalue weighted by molar-refractivity contribution is -0.156. The second-order valence-electron chi connectivity index (χ2n) is 6.62. The zero-order valence-electron chi connectivity index (χ0n) is 13.7. The summed E-state index contributed by atoms with van der Waals surface area (Å²) in [5.74, 6) is -0.542. The molecular formula is C17H18F5NO3. The molecule has 26 heavy (non-hydrogen) atoms. The fourth-order valence-electron chi connectivity index (χ4n) is 3.49. The number of carbonyl (C=O) groups is 1. The van der Waals surface area contributed by atoms with Gasteiger partial charge in [-0.1, -0.05) is 0 Å². The summed E-state index contributed by atoms with van der Waals surface area (Å²) in [7, 11) is 0. The highest BCUT2D eigenvalue weighted by Crippen LogP contribution is 2.46. The molecule has 3 rings (SSSR count). The predicted octanol–water partition coefficient (Wildman–Crippen LogP) is 3.19. The molecule has 144 valence electrons. The van der Waals surface area contributed by atoms with E-state index in [1.165, 1.54) is 4.90 Å². The van der Waals surface area contributed by atoms with Crippen molar-refractivity contribution in [3.8, 4) is 5.75 Å². The van der Waals surface area contributed by atoms with Gasteiger partial charge in [0.2, 0.25) is 5.91 Å². The van der Waals surface area contributed by atoms with Crippen LogP contribution in [-0.2, 0) is 11.0 Å². The van der Waals surface area contributed by atoms with E-state index < -0.39 is 42.8 Å². The van der Waals surface area contributed by atoms with Crippen LogP contribution in [0.1, 0.15) is 36.4 Å². The largest absolute Gasteiger partial charge is 0.479 e. The van der Waals surface area contributed by atoms with Gasteiger partial charge in [0.25, 0.3) is 0 Å². The second-order valence-corrected chi connectivity index (χ2v) is 6.62. The zero-order valence-corrected chi connectivity index (χ0v) is 13.7. The Hall–Kier alpha value is -1.90. The molecule has 0 aromatic heterocycles. The predicted molar refractivity (Wildman–Crippen MR) is 81.1 cm³/mol. The van der Waals surface area contributed by atoms with Crippen molar-refractivity contribution in [1.29, 1.82) is 0 Å². The Kier molecular flexibility index (Phi) is 4.85. The minimum Gasteiger partial charge on any atom is -0.479 e. The van der Waals surface area contributed by atoms with E-state index in [9.17, 15) is 31.9 Å². The third kappa shape index (κ3) is 3.02. The molecule has 4 nitrogen and oxygen atoms in total. The van der Waals surface area contributed by atoms with Crippen molar-refractivity contribution in [2.45, 2.75) is 43.2 Å². The van der Waals surface area contributed by atoms with E-state index in [4.69, 9.17) is 4.74 Å². The third-order valence-corrected chi connectivity index (χ3v) is 4.96. The maximum atomic E-state index is 13.6. The molecule has 2 atom stereocenters. The van der Waals surface area contributed by atoms with E-state index in [1.807, 2.05) is 0 Å². The quantitative estimate of drug-likeness (QED) is 0.821. The number of carbonyl (C=O) groups excluding carboxylic acids is 1. The number of piperidine rings is 1. The van der Waals surface area contributed by atoms with Crippen LogP contribution in [0, 0.1) is 0 Å². The minimum absolute atomic E-state index is 0.0971. The monoisotopic (exact) mass is 379 g/mol. The molecule has 0 radical (unpaired) electrons. The van der Waals surface area contributed by atoms with Crippen molar-refractivity contribution in [3.05, 3.63) is 29.3 Å². The van der Waals surface area contributed by atoms with Crippen LogP contribution in [0.2, 0.25) is 0 Å². The number of amides is 1. The van der Waals surface area contributed by atoms with Gasteiger partial charge in [0, 0.05) is 18.5 Å². The average Bonchev–Trinajstić information content (AvgIpc) is 2.61. The number of alkyl halides is 5. The Bertz CT molecular complexity index is 689. The molecule has 0 spiro atoms. The Morgan fingerprint density at radius 3 is 2.50 bits per heavy atom. The third-order valence-electron chi connectivity index (χ3n) is 4.96. The second kappa shape index (κ2) is 6.68. The highest BCUT2D eigenvalue weighted by Gasteiger charge is 2.53. The standard InChI is InChI=1S/C17H18F5NO3/c18-8-16(9-19)15(25)14(23-6-2-1-3-13(23)24)11-7-10(17(20,21)22)4-5-12(11)26-16/h4-5,7,14-15,25H,1-3,6,8-9H2/t14-,15+/m0/s1. The van der Waals surface area contributed by atoms with Crippen LogP contribution in [-0.4, -0.2) is 47.5 Å². The zero-order chi connectivity index (χ0) is 19.1. The van der Waals surface area contributed by atoms with E-state index in [0.29, 0.717) is 12.8 Å². The summed E-state index contributed by atoms with van der Waals surface area (Å²) < 4.78 is 71.6. The summed E-state index contributed by atoms with van der Waals surface area (Å²) in [6, 6.07) is 1.18. The SMILES string of the molecule is O=C1CCCCN1[C@H]1c2cc(C(F)(F)F)ccc2OC(CF)(CF)[C@@H]1O. The molecular weight excluding hydrogens is 361 g/mol. The highest BCUT2D eigenvalue weighted by atomic mass is 19.4. The van der Waals surface area contributed by atoms with Crippen LogP contribution in [0.5, 0.6) is 5.75 Å². The van der Waals surface area contributed by atoms with Crippen molar-refractivity contribution in [2.75, 3.05) is 19.9 Å². The maximum Gasteiger partial charge on any atom is 0.416 e. The van der Waals surface area contributed by atoms with Crippen LogP contribution in [0.25, 0.3) is 0 Å². The van der Waals surface area contributed by atoms with Crippen LogP contribution in [0.3, 0.4) is 0 Å². The van der Waals surface area contributed by atoms with Gasteiger partial charge in [-0.3, -0.25) is 4.79 Å². The number of hydrogen-bond donors (Lipinski definition) is 1. The first-order chi connectivity index (χ1) is 12.2. The van der Waals surface area contributed by atoms with Gasteiger partial charge in [0.1, 0.15) is 25.2 Å². The van der Waals surface area contributed by atoms with Crippen LogP contribution >= 0.6 is 0 Å². The van der Waals surface area contributed by atoms with Gasteiger partial charge in [-0.05, 0) is 31.0 Å². The average molecular weight is 379 g/mol. The molecule has 1 fully saturated rings. The highest BCUT2D eigenvalue weighted by molar-refractivity contribution is 5.77. The van der Waals surface area contributed by atoms with E-state index in [2.05, 4.69) is 0 Å². The summed E-state index contributed by atoms with van der Waals surface area (Å²) in [4.78, 5) is 13.5. The van der Waals surface area contributed by atoms with Gasteiger partial charge >= 0.3 is 6.18 Å². The first kappa shape index (κ1) is 18.9. The van der Waals surface area contributed by atoms with E-state index in [0.717, 1.165) is 18.2 Å². The van der Waals surface area contributed by atoms with Crippen molar-refractivity contribution < 1.29 is 36.6 Å². The number of aliphatic hydroxyl groups is 1. The van der Waals surface area contributed by atoms with E-state index in [1.54, 1.807) is 0 Å². The first-order valence-electron chi connectivity index (χ1n) is 8.23. The lowest BCUT2D eigenvalue weighted by atomic mass is 9.83. The molecule has 0 bridgehead atoms. The number of benzene rings is 1. The summed E-state index contributed by atoms with van der Waals surface area (Å²) in [6.45, 7) is -2.59. The van der Waals surface area contributed by atoms with Gasteiger partial charge in [0.05, 0.1) is 11.6 Å².